The molecule has 0 spiro atoms. The van der Waals surface area contributed by atoms with E-state index < -0.39 is 17.9 Å². The minimum atomic E-state index is -0.534. The van der Waals surface area contributed by atoms with E-state index in [0.717, 1.165) is 29.7 Å². The summed E-state index contributed by atoms with van der Waals surface area (Å²) in [6.45, 7) is 3.32. The first-order valence-corrected chi connectivity index (χ1v) is 10.7. The number of benzene rings is 2. The van der Waals surface area contributed by atoms with Crippen molar-refractivity contribution in [2.75, 3.05) is 0 Å². The molecule has 6 nitrogen and oxygen atoms in total. The summed E-state index contributed by atoms with van der Waals surface area (Å²) in [5, 5.41) is 3.28. The van der Waals surface area contributed by atoms with Gasteiger partial charge in [-0.05, 0) is 43.0 Å². The molecule has 4 rings (SSSR count). The number of nitrogens with one attached hydrogen (secondary N) is 1. The standard InChI is InChI=1S/C26H25NO5/c1-16-23(26(30)31-15-18-7-4-3-5-8-18)24(25-21(27-16)9-6-10-22(25)29)19-11-13-20(14-12-19)32-17(2)28/h3-5,7-8,11-14,24,27H,6,9-10,15H2,1-2H3/t24-/m1/s1. The molecule has 2 aromatic carbocycles. The van der Waals surface area contributed by atoms with Crippen molar-refractivity contribution >= 4 is 17.7 Å². The van der Waals surface area contributed by atoms with E-state index in [1.807, 2.05) is 37.3 Å². The quantitative estimate of drug-likeness (QED) is 0.561. The van der Waals surface area contributed by atoms with Crippen molar-refractivity contribution in [1.82, 2.24) is 5.32 Å². The Kier molecular flexibility index (Phi) is 6.21. The van der Waals surface area contributed by atoms with Crippen LogP contribution in [0.5, 0.6) is 5.75 Å². The number of Topliss-reactive ketones (excluding diaryl/α,β-unsaturated/α-hetero) is 1. The smallest absolute Gasteiger partial charge is 0.337 e. The minimum absolute atomic E-state index is 0.0358. The zero-order valence-electron chi connectivity index (χ0n) is 18.1. The van der Waals surface area contributed by atoms with Crippen LogP contribution in [0.1, 0.15) is 50.2 Å². The zero-order chi connectivity index (χ0) is 22.7. The monoisotopic (exact) mass is 431 g/mol. The largest absolute Gasteiger partial charge is 0.457 e. The Morgan fingerprint density at radius 3 is 2.44 bits per heavy atom. The van der Waals surface area contributed by atoms with Gasteiger partial charge in [-0.25, -0.2) is 4.79 Å². The number of rotatable bonds is 5. The van der Waals surface area contributed by atoms with Crippen LogP contribution in [0.4, 0.5) is 0 Å². The SMILES string of the molecule is CC(=O)Oc1ccc([C@@H]2C(C(=O)OCc3ccccc3)=C(C)NC3=C2C(=O)CCC3)cc1. The van der Waals surface area contributed by atoms with Crippen molar-refractivity contribution in [1.29, 1.82) is 0 Å². The molecule has 164 valence electrons. The molecule has 1 N–H and O–H groups in total. The molecule has 1 aliphatic carbocycles. The van der Waals surface area contributed by atoms with Gasteiger partial charge >= 0.3 is 11.9 Å². The molecular weight excluding hydrogens is 406 g/mol. The summed E-state index contributed by atoms with van der Waals surface area (Å²) in [5.41, 5.74) is 4.26. The Hall–Kier alpha value is -3.67. The molecule has 2 aliphatic rings. The number of carbonyl (C=O) groups excluding carboxylic acids is 3. The molecule has 32 heavy (non-hydrogen) atoms. The van der Waals surface area contributed by atoms with Gasteiger partial charge in [0.2, 0.25) is 0 Å². The molecule has 0 saturated carbocycles. The highest BCUT2D eigenvalue weighted by Gasteiger charge is 2.39. The van der Waals surface area contributed by atoms with Crippen molar-refractivity contribution < 1.29 is 23.9 Å². The van der Waals surface area contributed by atoms with E-state index in [2.05, 4.69) is 5.32 Å². The Morgan fingerprint density at radius 2 is 1.75 bits per heavy atom. The van der Waals surface area contributed by atoms with Crippen LogP contribution in [0.25, 0.3) is 0 Å². The summed E-state index contributed by atoms with van der Waals surface area (Å²) in [5.74, 6) is -0.957. The Bertz CT molecular complexity index is 1110. The summed E-state index contributed by atoms with van der Waals surface area (Å²) < 4.78 is 10.8. The van der Waals surface area contributed by atoms with Gasteiger partial charge in [0.1, 0.15) is 12.4 Å². The maximum Gasteiger partial charge on any atom is 0.337 e. The first-order valence-electron chi connectivity index (χ1n) is 10.7. The van der Waals surface area contributed by atoms with Crippen molar-refractivity contribution in [3.8, 4) is 5.75 Å². The highest BCUT2D eigenvalue weighted by molar-refractivity contribution is 6.03. The molecule has 0 bridgehead atoms. The molecule has 1 aliphatic heterocycles. The predicted octanol–water partition coefficient (Wildman–Crippen LogP) is 4.32. The lowest BCUT2D eigenvalue weighted by Crippen LogP contribution is -2.34. The first kappa shape index (κ1) is 21.6. The summed E-state index contributed by atoms with van der Waals surface area (Å²) in [4.78, 5) is 37.4. The molecule has 0 amide bonds. The van der Waals surface area contributed by atoms with Crippen LogP contribution in [0.15, 0.2) is 77.1 Å². The van der Waals surface area contributed by atoms with Crippen LogP contribution >= 0.6 is 0 Å². The third-order valence-corrected chi connectivity index (χ3v) is 5.68. The fourth-order valence-corrected chi connectivity index (χ4v) is 4.28. The zero-order valence-corrected chi connectivity index (χ0v) is 18.1. The summed E-state index contributed by atoms with van der Waals surface area (Å²) in [6.07, 6.45) is 1.99. The van der Waals surface area contributed by atoms with E-state index in [1.54, 1.807) is 24.3 Å². The first-order chi connectivity index (χ1) is 15.4. The molecule has 0 radical (unpaired) electrons. The molecule has 0 saturated heterocycles. The third kappa shape index (κ3) is 4.49. The number of ether oxygens (including phenoxy) is 2. The Balaban J connectivity index is 1.69. The van der Waals surface area contributed by atoms with Crippen LogP contribution in [0.3, 0.4) is 0 Å². The maximum atomic E-state index is 13.2. The molecule has 0 unspecified atom stereocenters. The van der Waals surface area contributed by atoms with Gasteiger partial charge < -0.3 is 14.8 Å². The van der Waals surface area contributed by atoms with Crippen molar-refractivity contribution in [2.24, 2.45) is 0 Å². The fraction of sp³-hybridized carbons (Fsp3) is 0.269. The van der Waals surface area contributed by atoms with Crippen LogP contribution in [-0.2, 0) is 25.7 Å². The summed E-state index contributed by atoms with van der Waals surface area (Å²) in [7, 11) is 0. The van der Waals surface area contributed by atoms with Gasteiger partial charge in [0, 0.05) is 36.2 Å². The van der Waals surface area contributed by atoms with Crippen molar-refractivity contribution in [3.05, 3.63) is 88.3 Å². The van der Waals surface area contributed by atoms with Gasteiger partial charge in [0.15, 0.2) is 5.78 Å². The van der Waals surface area contributed by atoms with Crippen LogP contribution in [0, 0.1) is 0 Å². The van der Waals surface area contributed by atoms with Crippen molar-refractivity contribution in [2.45, 2.75) is 45.6 Å². The Labute approximate surface area is 186 Å². The van der Waals surface area contributed by atoms with Gasteiger partial charge in [-0.2, -0.15) is 0 Å². The number of dihydropyridines is 1. The van der Waals surface area contributed by atoms with Gasteiger partial charge in [0.25, 0.3) is 0 Å². The van der Waals surface area contributed by atoms with Gasteiger partial charge in [-0.1, -0.05) is 42.5 Å². The highest BCUT2D eigenvalue weighted by atomic mass is 16.5. The summed E-state index contributed by atoms with van der Waals surface area (Å²) in [6, 6.07) is 16.4. The third-order valence-electron chi connectivity index (χ3n) is 5.68. The van der Waals surface area contributed by atoms with E-state index in [9.17, 15) is 14.4 Å². The number of hydrogen-bond acceptors (Lipinski definition) is 6. The number of carbonyl (C=O) groups is 3. The second kappa shape index (κ2) is 9.22. The number of ketones is 1. The average molecular weight is 431 g/mol. The topological polar surface area (TPSA) is 81.7 Å². The summed E-state index contributed by atoms with van der Waals surface area (Å²) >= 11 is 0. The minimum Gasteiger partial charge on any atom is -0.457 e. The lowest BCUT2D eigenvalue weighted by Gasteiger charge is -2.34. The second-order valence-corrected chi connectivity index (χ2v) is 7.99. The van der Waals surface area contributed by atoms with E-state index in [1.165, 1.54) is 6.92 Å². The van der Waals surface area contributed by atoms with Gasteiger partial charge in [0.05, 0.1) is 5.57 Å². The molecule has 2 aromatic rings. The molecule has 0 fully saturated rings. The normalized spacial score (nSPS) is 18.1. The molecular formula is C26H25NO5. The van der Waals surface area contributed by atoms with Gasteiger partial charge in [-0.15, -0.1) is 0 Å². The average Bonchev–Trinajstić information content (AvgIpc) is 2.77. The van der Waals surface area contributed by atoms with E-state index in [0.29, 0.717) is 29.0 Å². The van der Waals surface area contributed by atoms with Crippen LogP contribution in [0.2, 0.25) is 0 Å². The fourth-order valence-electron chi connectivity index (χ4n) is 4.28. The highest BCUT2D eigenvalue weighted by Crippen LogP contribution is 2.42. The van der Waals surface area contributed by atoms with Gasteiger partial charge in [-0.3, -0.25) is 9.59 Å². The number of hydrogen-bond donors (Lipinski definition) is 1. The lowest BCUT2D eigenvalue weighted by molar-refractivity contribution is -0.140. The van der Waals surface area contributed by atoms with Crippen LogP contribution in [-0.4, -0.2) is 17.7 Å². The predicted molar refractivity (Wildman–Crippen MR) is 118 cm³/mol. The van der Waals surface area contributed by atoms with Crippen molar-refractivity contribution in [3.63, 3.8) is 0 Å². The molecule has 1 heterocycles. The number of allylic oxidation sites excluding steroid dienone is 3. The molecule has 1 atom stereocenters. The lowest BCUT2D eigenvalue weighted by atomic mass is 9.75. The molecule has 0 aromatic heterocycles. The van der Waals surface area contributed by atoms with Crippen LogP contribution < -0.4 is 10.1 Å². The number of esters is 2. The van der Waals surface area contributed by atoms with E-state index >= 15 is 0 Å². The second-order valence-electron chi connectivity index (χ2n) is 7.99. The van der Waals surface area contributed by atoms with E-state index in [4.69, 9.17) is 9.47 Å². The van der Waals surface area contributed by atoms with E-state index in [-0.39, 0.29) is 12.4 Å². The maximum absolute atomic E-state index is 13.2. The molecule has 6 heteroatoms. The Morgan fingerprint density at radius 1 is 1.03 bits per heavy atom.